The van der Waals surface area contributed by atoms with Gasteiger partial charge >= 0.3 is 0 Å². The number of amides is 2. The fourth-order valence-corrected chi connectivity index (χ4v) is 6.61. The molecule has 4 rings (SSSR count). The van der Waals surface area contributed by atoms with Crippen molar-refractivity contribution in [2.45, 2.75) is 61.3 Å². The summed E-state index contributed by atoms with van der Waals surface area (Å²) in [6.07, 6.45) is 3.10. The minimum atomic E-state index is -0.866. The van der Waals surface area contributed by atoms with E-state index in [9.17, 15) is 9.59 Å². The van der Waals surface area contributed by atoms with Crippen LogP contribution in [0.4, 0.5) is 5.69 Å². The van der Waals surface area contributed by atoms with Gasteiger partial charge in [0.2, 0.25) is 0 Å². The number of alkyl halides is 1. The van der Waals surface area contributed by atoms with Gasteiger partial charge in [-0.05, 0) is 61.4 Å². The number of hydrogen-bond acceptors (Lipinski definition) is 5. The van der Waals surface area contributed by atoms with E-state index in [1.165, 1.54) is 0 Å². The van der Waals surface area contributed by atoms with E-state index >= 15 is 0 Å². The average Bonchev–Trinajstić information content (AvgIpc) is 2.74. The van der Waals surface area contributed by atoms with Crippen molar-refractivity contribution in [3.05, 3.63) is 21.3 Å². The zero-order chi connectivity index (χ0) is 22.3. The summed E-state index contributed by atoms with van der Waals surface area (Å²) in [6, 6.07) is 3.96. The molecule has 1 N–H and O–H groups in total. The molecular formula is C21H26I3N3O4. The third-order valence-corrected chi connectivity index (χ3v) is 9.09. The van der Waals surface area contributed by atoms with E-state index in [1.54, 1.807) is 3.11 Å². The number of ether oxygens (including phenoxy) is 2. The van der Waals surface area contributed by atoms with Gasteiger partial charge in [-0.15, -0.1) is 0 Å². The quantitative estimate of drug-likeness (QED) is 0.216. The van der Waals surface area contributed by atoms with E-state index in [2.05, 4.69) is 64.3 Å². The van der Waals surface area contributed by atoms with Crippen LogP contribution >= 0.6 is 68.0 Å². The lowest BCUT2D eigenvalue weighted by molar-refractivity contribution is -0.142. The van der Waals surface area contributed by atoms with Crippen molar-refractivity contribution in [3.63, 3.8) is 0 Å². The molecule has 170 valence electrons. The van der Waals surface area contributed by atoms with Crippen LogP contribution < -0.4 is 13.2 Å². The Hall–Kier alpha value is 0.0700. The topological polar surface area (TPSA) is 71.1 Å². The third-order valence-electron chi connectivity index (χ3n) is 6.18. The van der Waals surface area contributed by atoms with Gasteiger partial charge in [0.1, 0.15) is 5.75 Å². The number of halogens is 3. The van der Waals surface area contributed by atoms with Gasteiger partial charge in [-0.25, -0.2) is 3.11 Å². The van der Waals surface area contributed by atoms with Crippen molar-refractivity contribution in [2.24, 2.45) is 0 Å². The molecule has 0 aromatic heterocycles. The van der Waals surface area contributed by atoms with Crippen molar-refractivity contribution in [1.82, 2.24) is 10.2 Å². The monoisotopic (exact) mass is 765 g/mol. The highest BCUT2D eigenvalue weighted by Gasteiger charge is 2.49. The molecule has 2 saturated heterocycles. The third kappa shape index (κ3) is 4.69. The van der Waals surface area contributed by atoms with Crippen molar-refractivity contribution in [2.75, 3.05) is 22.9 Å². The number of hydrogen-bond donors (Lipinski definition) is 1. The van der Waals surface area contributed by atoms with Crippen molar-refractivity contribution in [3.8, 4) is 5.75 Å². The van der Waals surface area contributed by atoms with Gasteiger partial charge in [0.15, 0.2) is 5.60 Å². The molecule has 1 spiro atoms. The number of nitrogens with one attached hydrogen (secondary N) is 1. The normalized spacial score (nSPS) is 25.4. The van der Waals surface area contributed by atoms with Crippen LogP contribution in [0.25, 0.3) is 0 Å². The molecule has 1 aromatic carbocycles. The number of rotatable bonds is 3. The SMILES string of the molecule is CC(C)N(C(=O)c1cc2c(cc1I)OC1(CCOCC1)C(=O)N2I)C1CCC(I)NC1. The van der Waals surface area contributed by atoms with Gasteiger partial charge in [0.05, 0.1) is 51.4 Å². The zero-order valence-corrected chi connectivity index (χ0v) is 24.0. The minimum absolute atomic E-state index is 0.00418. The molecule has 2 fully saturated rings. The Labute approximate surface area is 224 Å². The number of benzene rings is 1. The second-order valence-corrected chi connectivity index (χ2v) is 12.1. The molecular weight excluding hydrogens is 739 g/mol. The smallest absolute Gasteiger partial charge is 0.280 e. The van der Waals surface area contributed by atoms with E-state index in [0.29, 0.717) is 47.1 Å². The second kappa shape index (κ2) is 9.74. The van der Waals surface area contributed by atoms with Crippen LogP contribution in [-0.2, 0) is 9.53 Å². The number of carbonyl (C=O) groups is 2. The van der Waals surface area contributed by atoms with Crippen LogP contribution in [0.15, 0.2) is 12.1 Å². The summed E-state index contributed by atoms with van der Waals surface area (Å²) < 4.78 is 14.6. The molecule has 3 aliphatic rings. The molecule has 0 radical (unpaired) electrons. The maximum absolute atomic E-state index is 13.7. The van der Waals surface area contributed by atoms with E-state index in [1.807, 2.05) is 39.9 Å². The molecule has 2 atom stereocenters. The predicted molar refractivity (Wildman–Crippen MR) is 144 cm³/mol. The number of piperidine rings is 1. The minimum Gasteiger partial charge on any atom is -0.475 e. The van der Waals surface area contributed by atoms with Gasteiger partial charge in [0, 0.05) is 35.0 Å². The van der Waals surface area contributed by atoms with Crippen LogP contribution in [0.2, 0.25) is 0 Å². The molecule has 10 heteroatoms. The fraction of sp³-hybridized carbons (Fsp3) is 0.619. The highest BCUT2D eigenvalue weighted by molar-refractivity contribution is 14.1. The lowest BCUT2D eigenvalue weighted by Crippen LogP contribution is -2.56. The molecule has 1 aromatic rings. The Bertz CT molecular complexity index is 868. The first-order chi connectivity index (χ1) is 14.7. The maximum atomic E-state index is 13.7. The van der Waals surface area contributed by atoms with Gasteiger partial charge in [0.25, 0.3) is 11.8 Å². The standard InChI is InChI=1S/C21H26I3N3O4/c1-12(2)26(13-3-4-18(23)25-11-13)19(28)14-9-16-17(10-15(14)22)31-21(20(29)27(16)24)5-7-30-8-6-21/h9-10,12-13,18,25H,3-8,11H2,1-2H3. The summed E-state index contributed by atoms with van der Waals surface area (Å²) >= 11 is 6.66. The Morgan fingerprint density at radius 3 is 2.61 bits per heavy atom. The first-order valence-electron chi connectivity index (χ1n) is 10.5. The van der Waals surface area contributed by atoms with Crippen molar-refractivity contribution in [1.29, 1.82) is 0 Å². The lowest BCUT2D eigenvalue weighted by atomic mass is 9.91. The number of carbonyl (C=O) groups excluding carboxylic acids is 2. The van der Waals surface area contributed by atoms with Gasteiger partial charge < -0.3 is 19.7 Å². The van der Waals surface area contributed by atoms with Crippen molar-refractivity contribution >= 4 is 85.5 Å². The summed E-state index contributed by atoms with van der Waals surface area (Å²) in [7, 11) is 0. The van der Waals surface area contributed by atoms with Crippen LogP contribution in [-0.4, -0.2) is 58.2 Å². The molecule has 3 aliphatic heterocycles. The van der Waals surface area contributed by atoms with E-state index in [0.717, 1.165) is 23.0 Å². The van der Waals surface area contributed by atoms with E-state index < -0.39 is 5.60 Å². The Kier molecular flexibility index (Phi) is 7.61. The summed E-state index contributed by atoms with van der Waals surface area (Å²) in [5, 5.41) is 3.49. The lowest BCUT2D eigenvalue weighted by Gasteiger charge is -2.42. The van der Waals surface area contributed by atoms with Crippen molar-refractivity contribution < 1.29 is 19.1 Å². The molecule has 3 heterocycles. The number of anilines is 1. The first-order valence-corrected chi connectivity index (χ1v) is 13.8. The average molecular weight is 765 g/mol. The molecule has 2 unspecified atom stereocenters. The van der Waals surface area contributed by atoms with Crippen LogP contribution in [0.1, 0.15) is 49.9 Å². The van der Waals surface area contributed by atoms with Gasteiger partial charge in [-0.1, -0.05) is 22.6 Å². The van der Waals surface area contributed by atoms with E-state index in [-0.39, 0.29) is 23.9 Å². The number of nitrogens with zero attached hydrogens (tertiary/aromatic N) is 2. The first kappa shape index (κ1) is 24.2. The molecule has 7 nitrogen and oxygen atoms in total. The Morgan fingerprint density at radius 2 is 2.00 bits per heavy atom. The van der Waals surface area contributed by atoms with Gasteiger partial charge in [-0.2, -0.15) is 0 Å². The van der Waals surface area contributed by atoms with Crippen LogP contribution in [0, 0.1) is 3.57 Å². The molecule has 0 saturated carbocycles. The highest BCUT2D eigenvalue weighted by atomic mass is 127. The zero-order valence-electron chi connectivity index (χ0n) is 17.5. The molecule has 0 bridgehead atoms. The molecule has 31 heavy (non-hydrogen) atoms. The summed E-state index contributed by atoms with van der Waals surface area (Å²) in [6.45, 7) is 5.94. The predicted octanol–water partition coefficient (Wildman–Crippen LogP) is 4.28. The second-order valence-electron chi connectivity index (χ2n) is 8.51. The fourth-order valence-electron chi connectivity index (χ4n) is 4.51. The van der Waals surface area contributed by atoms with Crippen LogP contribution in [0.5, 0.6) is 5.75 Å². The molecule has 2 amide bonds. The van der Waals surface area contributed by atoms with Gasteiger partial charge in [-0.3, -0.25) is 9.59 Å². The highest BCUT2D eigenvalue weighted by Crippen LogP contribution is 2.45. The summed E-state index contributed by atoms with van der Waals surface area (Å²) in [5.74, 6) is 0.582. The Balaban J connectivity index is 1.66. The summed E-state index contributed by atoms with van der Waals surface area (Å²) in [5.41, 5.74) is 0.393. The molecule has 0 aliphatic carbocycles. The summed E-state index contributed by atoms with van der Waals surface area (Å²) in [4.78, 5) is 28.9. The maximum Gasteiger partial charge on any atom is 0.280 e. The Morgan fingerprint density at radius 1 is 1.29 bits per heavy atom. The van der Waals surface area contributed by atoms with Crippen LogP contribution in [0.3, 0.4) is 0 Å². The largest absolute Gasteiger partial charge is 0.475 e. The number of fused-ring (bicyclic) bond motifs is 1. The van der Waals surface area contributed by atoms with E-state index in [4.69, 9.17) is 9.47 Å².